The molecule has 184 valence electrons. The van der Waals surface area contributed by atoms with Crippen LogP contribution in [-0.2, 0) is 18.4 Å². The van der Waals surface area contributed by atoms with Crippen molar-refractivity contribution in [3.8, 4) is 0 Å². The first kappa shape index (κ1) is 30.6. The van der Waals surface area contributed by atoms with Gasteiger partial charge in [-0.2, -0.15) is 0 Å². The fourth-order valence-electron chi connectivity index (χ4n) is 2.09. The summed E-state index contributed by atoms with van der Waals surface area (Å²) in [6.45, 7) is 33.6. The molecule has 0 aromatic carbocycles. The number of carbonyl (C=O) groups is 2. The highest BCUT2D eigenvalue weighted by atomic mass is 28.4. The Hall–Kier alpha value is -0.449. The number of nitrogens with one attached hydrogen (secondary N) is 1. The van der Waals surface area contributed by atoms with E-state index in [0.717, 1.165) is 0 Å². The second kappa shape index (κ2) is 9.43. The van der Waals surface area contributed by atoms with Crippen LogP contribution in [0.3, 0.4) is 0 Å². The molecular weight excluding hydrogens is 439 g/mol. The molecule has 1 N–H and O–H groups in total. The monoisotopic (exact) mass is 489 g/mol. The maximum atomic E-state index is 13.5. The summed E-state index contributed by atoms with van der Waals surface area (Å²) in [6.07, 6.45) is 0. The summed E-state index contributed by atoms with van der Waals surface area (Å²) in [4.78, 5) is 30.3. The van der Waals surface area contributed by atoms with E-state index in [9.17, 15) is 9.59 Å². The van der Waals surface area contributed by atoms with Crippen molar-refractivity contribution in [1.82, 2.24) is 4.98 Å². The minimum absolute atomic E-state index is 0.00551. The van der Waals surface area contributed by atoms with Gasteiger partial charge in [0.15, 0.2) is 0 Å². The number of hydrogen-bond acceptors (Lipinski definition) is 5. The van der Waals surface area contributed by atoms with Crippen LogP contribution in [0.15, 0.2) is 0 Å². The van der Waals surface area contributed by atoms with Crippen molar-refractivity contribution in [2.24, 2.45) is 5.92 Å². The second-order valence-corrected chi connectivity index (χ2v) is 28.1. The lowest BCUT2D eigenvalue weighted by Crippen LogP contribution is -2.63. The highest BCUT2D eigenvalue weighted by molar-refractivity contribution is 6.78. The Balaban J connectivity index is 6.04. The summed E-state index contributed by atoms with van der Waals surface area (Å²) >= 11 is 0. The maximum Gasteiger partial charge on any atom is 0.310 e. The molecule has 0 aliphatic heterocycles. The van der Waals surface area contributed by atoms with Gasteiger partial charge in [-0.3, -0.25) is 9.59 Å². The van der Waals surface area contributed by atoms with E-state index in [0.29, 0.717) is 0 Å². The lowest BCUT2D eigenvalue weighted by molar-refractivity contribution is -0.148. The van der Waals surface area contributed by atoms with Crippen molar-refractivity contribution in [1.29, 1.82) is 0 Å². The molecule has 0 aliphatic carbocycles. The largest absolute Gasteiger partial charge is 0.519 e. The highest BCUT2D eigenvalue weighted by Gasteiger charge is 2.48. The van der Waals surface area contributed by atoms with Gasteiger partial charge in [0, 0.05) is 0 Å². The SMILES string of the molecule is CC(C(=O)O[Si](C)(C)C(C)(C)C)C(N[Si](C)(C)C(C)(C)C)C(=O)O[Si](C)(C)C(C)(C)C. The van der Waals surface area contributed by atoms with E-state index in [2.05, 4.69) is 107 Å². The van der Waals surface area contributed by atoms with Gasteiger partial charge in [0.05, 0.1) is 5.92 Å². The first-order valence-electron chi connectivity index (χ1n) is 11.5. The number of rotatable bonds is 7. The normalized spacial score (nSPS) is 16.5. The van der Waals surface area contributed by atoms with Crippen LogP contribution in [0.4, 0.5) is 0 Å². The molecule has 0 aromatic rings. The van der Waals surface area contributed by atoms with E-state index in [1.807, 2.05) is 0 Å². The molecular formula is C23H51NO4Si3. The van der Waals surface area contributed by atoms with Crippen molar-refractivity contribution >= 4 is 36.8 Å². The Labute approximate surface area is 195 Å². The zero-order valence-electron chi connectivity index (χ0n) is 23.3. The van der Waals surface area contributed by atoms with E-state index in [1.54, 1.807) is 6.92 Å². The van der Waals surface area contributed by atoms with Gasteiger partial charge in [0.2, 0.25) is 0 Å². The predicted octanol–water partition coefficient (Wildman–Crippen LogP) is 6.68. The molecule has 0 fully saturated rings. The molecule has 8 heteroatoms. The first-order valence-corrected chi connectivity index (χ1v) is 20.3. The molecule has 0 saturated heterocycles. The van der Waals surface area contributed by atoms with Gasteiger partial charge < -0.3 is 13.8 Å². The molecule has 5 nitrogen and oxygen atoms in total. The molecule has 0 rings (SSSR count). The van der Waals surface area contributed by atoms with Crippen molar-refractivity contribution in [2.75, 3.05) is 0 Å². The molecule has 0 radical (unpaired) electrons. The third kappa shape index (κ3) is 7.82. The molecule has 0 bridgehead atoms. The molecule has 2 atom stereocenters. The summed E-state index contributed by atoms with van der Waals surface area (Å²) in [5, 5.41) is -0.187. The second-order valence-electron chi connectivity index (χ2n) is 13.6. The van der Waals surface area contributed by atoms with Gasteiger partial charge in [-0.25, -0.2) is 0 Å². The van der Waals surface area contributed by atoms with Crippen molar-refractivity contribution in [3.63, 3.8) is 0 Å². The van der Waals surface area contributed by atoms with Crippen LogP contribution in [-0.4, -0.2) is 42.9 Å². The zero-order chi connectivity index (χ0) is 25.4. The Kier molecular flexibility index (Phi) is 9.29. The van der Waals surface area contributed by atoms with Crippen LogP contribution in [0.5, 0.6) is 0 Å². The van der Waals surface area contributed by atoms with E-state index in [-0.39, 0.29) is 27.1 Å². The molecule has 31 heavy (non-hydrogen) atoms. The summed E-state index contributed by atoms with van der Waals surface area (Å²) < 4.78 is 12.2. The van der Waals surface area contributed by atoms with Crippen LogP contribution >= 0.6 is 0 Å². The van der Waals surface area contributed by atoms with E-state index < -0.39 is 36.8 Å². The fourth-order valence-corrected chi connectivity index (χ4v) is 5.60. The average molecular weight is 490 g/mol. The van der Waals surface area contributed by atoms with Crippen LogP contribution < -0.4 is 4.98 Å². The highest BCUT2D eigenvalue weighted by Crippen LogP contribution is 2.39. The summed E-state index contributed by atoms with van der Waals surface area (Å²) in [5.41, 5.74) is 0. The maximum absolute atomic E-state index is 13.5. The van der Waals surface area contributed by atoms with Gasteiger partial charge in [-0.1, -0.05) is 75.4 Å². The summed E-state index contributed by atoms with van der Waals surface area (Å²) in [5.74, 6) is -1.26. The summed E-state index contributed by atoms with van der Waals surface area (Å²) in [6, 6.07) is -0.715. The summed E-state index contributed by atoms with van der Waals surface area (Å²) in [7, 11) is -6.71. The minimum Gasteiger partial charge on any atom is -0.519 e. The Morgan fingerprint density at radius 1 is 0.645 bits per heavy atom. The van der Waals surface area contributed by atoms with Gasteiger partial charge >= 0.3 is 5.97 Å². The Morgan fingerprint density at radius 3 is 1.26 bits per heavy atom. The Bertz CT molecular complexity index is 653. The van der Waals surface area contributed by atoms with E-state index in [1.165, 1.54) is 0 Å². The lowest BCUT2D eigenvalue weighted by atomic mass is 10.0. The number of hydrogen-bond donors (Lipinski definition) is 1. The van der Waals surface area contributed by atoms with Gasteiger partial charge in [0.25, 0.3) is 22.6 Å². The Morgan fingerprint density at radius 2 is 0.968 bits per heavy atom. The van der Waals surface area contributed by atoms with E-state index in [4.69, 9.17) is 8.85 Å². The standard InChI is InChI=1S/C23H51NO4Si3/c1-17(19(25)27-30(13,14)22(5,6)7)18(24-29(11,12)21(2,3)4)20(26)28-31(15,16)23(8,9)10/h17-18,24H,1-16H3. The third-order valence-electron chi connectivity index (χ3n) is 7.84. The van der Waals surface area contributed by atoms with Gasteiger partial charge in [0.1, 0.15) is 14.3 Å². The molecule has 0 aliphatic rings. The van der Waals surface area contributed by atoms with Crippen LogP contribution in [0.25, 0.3) is 0 Å². The number of carbonyl (C=O) groups excluding carboxylic acids is 2. The molecule has 0 heterocycles. The first-order chi connectivity index (χ1) is 13.3. The molecule has 0 spiro atoms. The zero-order valence-corrected chi connectivity index (χ0v) is 26.3. The third-order valence-corrected chi connectivity index (χ3v) is 21.3. The van der Waals surface area contributed by atoms with Crippen LogP contribution in [0.1, 0.15) is 69.2 Å². The van der Waals surface area contributed by atoms with Crippen LogP contribution in [0, 0.1) is 5.92 Å². The van der Waals surface area contributed by atoms with Crippen LogP contribution in [0.2, 0.25) is 54.4 Å². The van der Waals surface area contributed by atoms with Crippen molar-refractivity contribution < 1.29 is 18.4 Å². The molecule has 0 aromatic heterocycles. The minimum atomic E-state index is -2.33. The quantitative estimate of drug-likeness (QED) is 0.404. The van der Waals surface area contributed by atoms with Crippen molar-refractivity contribution in [2.45, 2.75) is 130 Å². The fraction of sp³-hybridized carbons (Fsp3) is 0.913. The smallest absolute Gasteiger partial charge is 0.310 e. The molecule has 2 unspecified atom stereocenters. The average Bonchev–Trinajstić information content (AvgIpc) is 2.47. The van der Waals surface area contributed by atoms with Gasteiger partial charge in [-0.05, 0) is 48.2 Å². The molecule has 0 saturated carbocycles. The lowest BCUT2D eigenvalue weighted by Gasteiger charge is -2.43. The topological polar surface area (TPSA) is 64.6 Å². The van der Waals surface area contributed by atoms with E-state index >= 15 is 0 Å². The molecule has 0 amide bonds. The van der Waals surface area contributed by atoms with Crippen molar-refractivity contribution in [3.05, 3.63) is 0 Å². The van der Waals surface area contributed by atoms with Gasteiger partial charge in [-0.15, -0.1) is 0 Å². The predicted molar refractivity (Wildman–Crippen MR) is 140 cm³/mol.